The van der Waals surface area contributed by atoms with Crippen LogP contribution >= 0.6 is 0 Å². The van der Waals surface area contributed by atoms with Gasteiger partial charge in [0.05, 0.1) is 4.92 Å². The van der Waals surface area contributed by atoms with Gasteiger partial charge in [0.2, 0.25) is 11.8 Å². The average molecular weight is 260 g/mol. The largest absolute Gasteiger partial charge is 0.378 e. The molecule has 0 fully saturated rings. The van der Waals surface area contributed by atoms with Crippen molar-refractivity contribution in [2.75, 3.05) is 17.7 Å². The highest BCUT2D eigenvalue weighted by Crippen LogP contribution is 2.20. The number of nitrogen functional groups attached to an aromatic ring is 1. The zero-order valence-corrected chi connectivity index (χ0v) is 10.2. The molecule has 2 N–H and O–H groups in total. The van der Waals surface area contributed by atoms with Crippen LogP contribution in [-0.4, -0.2) is 26.9 Å². The van der Waals surface area contributed by atoms with E-state index >= 15 is 0 Å². The topological polar surface area (TPSA) is 111 Å². The number of aromatic nitrogens is 3. The van der Waals surface area contributed by atoms with E-state index in [4.69, 9.17) is 5.73 Å². The highest BCUT2D eigenvalue weighted by molar-refractivity contribution is 5.53. The highest BCUT2D eigenvalue weighted by atomic mass is 16.6. The summed E-state index contributed by atoms with van der Waals surface area (Å²) in [7, 11) is 1.77. The highest BCUT2D eigenvalue weighted by Gasteiger charge is 2.16. The number of nitro groups is 1. The van der Waals surface area contributed by atoms with E-state index in [0.717, 1.165) is 11.8 Å². The lowest BCUT2D eigenvalue weighted by molar-refractivity contribution is -0.384. The van der Waals surface area contributed by atoms with Gasteiger partial charge in [-0.15, -0.1) is 0 Å². The second-order valence-electron chi connectivity index (χ2n) is 3.91. The molecular weight excluding hydrogens is 248 g/mol. The van der Waals surface area contributed by atoms with Crippen molar-refractivity contribution in [3.63, 3.8) is 0 Å². The number of hydrogen-bond acceptors (Lipinski definition) is 7. The molecular formula is C11H12N6O2. The zero-order chi connectivity index (χ0) is 13.8. The first-order valence-electron chi connectivity index (χ1n) is 5.45. The molecule has 0 aliphatic heterocycles. The maximum Gasteiger partial charge on any atom is 0.329 e. The Kier molecular flexibility index (Phi) is 3.51. The van der Waals surface area contributed by atoms with E-state index in [2.05, 4.69) is 15.0 Å². The summed E-state index contributed by atoms with van der Waals surface area (Å²) >= 11 is 0. The summed E-state index contributed by atoms with van der Waals surface area (Å²) < 4.78 is 0. The number of hydrogen-bond donors (Lipinski definition) is 1. The molecule has 0 aromatic carbocycles. The predicted octanol–water partition coefficient (Wildman–Crippen LogP) is 0.998. The Morgan fingerprint density at radius 3 is 2.84 bits per heavy atom. The van der Waals surface area contributed by atoms with Gasteiger partial charge in [-0.3, -0.25) is 15.1 Å². The van der Waals surface area contributed by atoms with Crippen LogP contribution in [0.4, 0.5) is 17.5 Å². The summed E-state index contributed by atoms with van der Waals surface area (Å²) in [6.07, 6.45) is 4.52. The van der Waals surface area contributed by atoms with Gasteiger partial charge in [-0.05, 0) is 11.6 Å². The SMILES string of the molecule is CN(Cc1cccnc1)c1ncc([N+](=O)[O-])c(N)n1. The summed E-state index contributed by atoms with van der Waals surface area (Å²) in [5.41, 5.74) is 6.21. The quantitative estimate of drug-likeness (QED) is 0.644. The number of pyridine rings is 1. The van der Waals surface area contributed by atoms with E-state index in [0.29, 0.717) is 12.5 Å². The first-order valence-corrected chi connectivity index (χ1v) is 5.45. The summed E-state index contributed by atoms with van der Waals surface area (Å²) in [4.78, 5) is 23.6. The lowest BCUT2D eigenvalue weighted by atomic mass is 10.3. The van der Waals surface area contributed by atoms with Crippen molar-refractivity contribution in [1.82, 2.24) is 15.0 Å². The molecule has 0 spiro atoms. The van der Waals surface area contributed by atoms with E-state index < -0.39 is 4.92 Å². The van der Waals surface area contributed by atoms with Crippen molar-refractivity contribution >= 4 is 17.5 Å². The summed E-state index contributed by atoms with van der Waals surface area (Å²) in [6, 6.07) is 3.74. The first-order chi connectivity index (χ1) is 9.08. The van der Waals surface area contributed by atoms with Crippen molar-refractivity contribution < 1.29 is 4.92 Å². The maximum absolute atomic E-state index is 10.6. The van der Waals surface area contributed by atoms with E-state index in [1.165, 1.54) is 0 Å². The second-order valence-corrected chi connectivity index (χ2v) is 3.91. The summed E-state index contributed by atoms with van der Waals surface area (Å²) in [5, 5.41) is 10.6. The molecule has 8 heteroatoms. The molecule has 0 bridgehead atoms. The third kappa shape index (κ3) is 2.92. The van der Waals surface area contributed by atoms with Gasteiger partial charge in [-0.2, -0.15) is 4.98 Å². The van der Waals surface area contributed by atoms with Gasteiger partial charge in [0.1, 0.15) is 6.20 Å². The number of nitrogens with two attached hydrogens (primary N) is 1. The van der Waals surface area contributed by atoms with Crippen molar-refractivity contribution in [3.05, 3.63) is 46.4 Å². The summed E-state index contributed by atoms with van der Waals surface area (Å²) in [5.74, 6) is 0.181. The van der Waals surface area contributed by atoms with Gasteiger partial charge >= 0.3 is 5.69 Å². The van der Waals surface area contributed by atoms with Crippen LogP contribution in [0.15, 0.2) is 30.7 Å². The fourth-order valence-corrected chi connectivity index (χ4v) is 1.54. The first kappa shape index (κ1) is 12.7. The Hall–Kier alpha value is -2.77. The van der Waals surface area contributed by atoms with Crippen molar-refractivity contribution in [1.29, 1.82) is 0 Å². The van der Waals surface area contributed by atoms with Gasteiger partial charge in [0, 0.05) is 26.0 Å². The van der Waals surface area contributed by atoms with Crippen LogP contribution in [0.5, 0.6) is 0 Å². The molecule has 0 saturated heterocycles. The van der Waals surface area contributed by atoms with Crippen LogP contribution in [0.25, 0.3) is 0 Å². The standard InChI is InChI=1S/C11H12N6O2/c1-16(7-8-3-2-4-13-5-8)11-14-6-9(17(18)19)10(12)15-11/h2-6H,7H2,1H3,(H2,12,14,15). The van der Waals surface area contributed by atoms with E-state index in [9.17, 15) is 10.1 Å². The molecule has 8 nitrogen and oxygen atoms in total. The molecule has 0 amide bonds. The maximum atomic E-state index is 10.6. The molecule has 2 rings (SSSR count). The molecule has 2 heterocycles. The minimum absolute atomic E-state index is 0.145. The van der Waals surface area contributed by atoms with Gasteiger partial charge in [0.15, 0.2) is 0 Å². The van der Waals surface area contributed by atoms with E-state index in [1.807, 2.05) is 12.1 Å². The summed E-state index contributed by atoms with van der Waals surface area (Å²) in [6.45, 7) is 0.533. The van der Waals surface area contributed by atoms with Crippen LogP contribution in [0, 0.1) is 10.1 Å². The van der Waals surface area contributed by atoms with Gasteiger partial charge in [0.25, 0.3) is 0 Å². The molecule has 0 atom stereocenters. The third-order valence-electron chi connectivity index (χ3n) is 2.47. The fourth-order valence-electron chi connectivity index (χ4n) is 1.54. The normalized spacial score (nSPS) is 10.2. The van der Waals surface area contributed by atoms with Crippen LogP contribution in [-0.2, 0) is 6.54 Å². The predicted molar refractivity (Wildman–Crippen MR) is 69.4 cm³/mol. The lowest BCUT2D eigenvalue weighted by Gasteiger charge is -2.16. The van der Waals surface area contributed by atoms with Crippen LogP contribution in [0.3, 0.4) is 0 Å². The Labute approximate surface area is 109 Å². The fraction of sp³-hybridized carbons (Fsp3) is 0.182. The molecule has 0 aliphatic rings. The number of rotatable bonds is 4. The van der Waals surface area contributed by atoms with E-state index in [-0.39, 0.29) is 11.5 Å². The Morgan fingerprint density at radius 2 is 2.26 bits per heavy atom. The minimum Gasteiger partial charge on any atom is -0.378 e. The van der Waals surface area contributed by atoms with Gasteiger partial charge in [-0.25, -0.2) is 4.98 Å². The van der Waals surface area contributed by atoms with Crippen LogP contribution in [0.2, 0.25) is 0 Å². The van der Waals surface area contributed by atoms with Crippen molar-refractivity contribution in [2.45, 2.75) is 6.54 Å². The molecule has 19 heavy (non-hydrogen) atoms. The molecule has 0 unspecified atom stereocenters. The van der Waals surface area contributed by atoms with Gasteiger partial charge in [-0.1, -0.05) is 6.07 Å². The lowest BCUT2D eigenvalue weighted by Crippen LogP contribution is -2.20. The molecule has 2 aromatic heterocycles. The number of anilines is 2. The van der Waals surface area contributed by atoms with E-state index in [1.54, 1.807) is 24.3 Å². The Balaban J connectivity index is 2.18. The molecule has 98 valence electrons. The second kappa shape index (κ2) is 5.25. The van der Waals surface area contributed by atoms with Gasteiger partial charge < -0.3 is 10.6 Å². The van der Waals surface area contributed by atoms with Crippen molar-refractivity contribution in [2.24, 2.45) is 0 Å². The van der Waals surface area contributed by atoms with Crippen LogP contribution < -0.4 is 10.6 Å². The minimum atomic E-state index is -0.611. The Bertz CT molecular complexity index is 589. The molecule has 0 radical (unpaired) electrons. The number of nitrogens with zero attached hydrogens (tertiary/aromatic N) is 5. The zero-order valence-electron chi connectivity index (χ0n) is 10.2. The van der Waals surface area contributed by atoms with Crippen molar-refractivity contribution in [3.8, 4) is 0 Å². The Morgan fingerprint density at radius 1 is 1.47 bits per heavy atom. The average Bonchev–Trinajstić information content (AvgIpc) is 2.39. The molecule has 0 aliphatic carbocycles. The third-order valence-corrected chi connectivity index (χ3v) is 2.47. The smallest absolute Gasteiger partial charge is 0.329 e. The molecule has 0 saturated carbocycles. The monoisotopic (exact) mass is 260 g/mol. The molecule has 2 aromatic rings. The van der Waals surface area contributed by atoms with Crippen LogP contribution in [0.1, 0.15) is 5.56 Å².